The molecule has 1 unspecified atom stereocenters. The molecule has 0 saturated carbocycles. The number of unbranched alkanes of at least 4 members (excludes halogenated alkanes) is 5. The second kappa shape index (κ2) is 15.8. The van der Waals surface area contributed by atoms with Crippen molar-refractivity contribution in [1.82, 2.24) is 0 Å². The van der Waals surface area contributed by atoms with Gasteiger partial charge in [-0.1, -0.05) is 71.4 Å². The van der Waals surface area contributed by atoms with E-state index in [2.05, 4.69) is 25.8 Å². The molecule has 0 amide bonds. The highest BCUT2D eigenvalue weighted by molar-refractivity contribution is 5.87. The monoisotopic (exact) mass is 449 g/mol. The lowest BCUT2D eigenvalue weighted by atomic mass is 10.1. The first-order valence-electron chi connectivity index (χ1n) is 12.3. The van der Waals surface area contributed by atoms with Crippen LogP contribution >= 0.6 is 0 Å². The number of hydrogen-bond acceptors (Lipinski definition) is 4. The minimum Gasteiger partial charge on any atom is -0.494 e. The standard InChI is InChI=1S/C29H39NO3/c1-4-6-7-8-9-10-21-32-28-18-13-26(14-19-28)22-30-27-16-11-25(12-17-27)15-20-29(31)33-23-24(3)5-2/h11-20,22,24H,4-10,21,23H2,1-3H3/b20-15+,30-22+. The van der Waals surface area contributed by atoms with Crippen LogP contribution in [0.1, 0.15) is 76.8 Å². The third kappa shape index (κ3) is 11.5. The van der Waals surface area contributed by atoms with Crippen molar-refractivity contribution in [2.24, 2.45) is 10.9 Å². The van der Waals surface area contributed by atoms with E-state index in [9.17, 15) is 4.79 Å². The summed E-state index contributed by atoms with van der Waals surface area (Å²) in [6.07, 6.45) is 13.7. The van der Waals surface area contributed by atoms with Crippen LogP contribution in [0.25, 0.3) is 6.08 Å². The van der Waals surface area contributed by atoms with Crippen LogP contribution in [0, 0.1) is 5.92 Å². The van der Waals surface area contributed by atoms with Gasteiger partial charge in [0.1, 0.15) is 5.75 Å². The molecule has 2 aromatic rings. The molecule has 2 aromatic carbocycles. The number of esters is 1. The van der Waals surface area contributed by atoms with Gasteiger partial charge in [0, 0.05) is 12.3 Å². The summed E-state index contributed by atoms with van der Waals surface area (Å²) >= 11 is 0. The molecular formula is C29H39NO3. The van der Waals surface area contributed by atoms with Gasteiger partial charge in [0.25, 0.3) is 0 Å². The van der Waals surface area contributed by atoms with Crippen LogP contribution in [-0.2, 0) is 9.53 Å². The number of benzene rings is 2. The molecule has 4 heteroatoms. The summed E-state index contributed by atoms with van der Waals surface area (Å²) in [5.41, 5.74) is 2.81. The van der Waals surface area contributed by atoms with Crippen molar-refractivity contribution in [2.45, 2.75) is 65.7 Å². The molecule has 0 aliphatic rings. The zero-order valence-corrected chi connectivity index (χ0v) is 20.5. The van der Waals surface area contributed by atoms with E-state index in [4.69, 9.17) is 9.47 Å². The normalized spacial score (nSPS) is 12.3. The molecular weight excluding hydrogens is 410 g/mol. The molecule has 0 saturated heterocycles. The minimum atomic E-state index is -0.309. The maximum Gasteiger partial charge on any atom is 0.330 e. The van der Waals surface area contributed by atoms with Crippen LogP contribution in [0.2, 0.25) is 0 Å². The summed E-state index contributed by atoms with van der Waals surface area (Å²) in [5.74, 6) is 0.977. The van der Waals surface area contributed by atoms with Gasteiger partial charge in [0.05, 0.1) is 18.9 Å². The third-order valence-electron chi connectivity index (χ3n) is 5.52. The first-order valence-corrected chi connectivity index (χ1v) is 12.3. The van der Waals surface area contributed by atoms with E-state index >= 15 is 0 Å². The van der Waals surface area contributed by atoms with E-state index < -0.39 is 0 Å². The topological polar surface area (TPSA) is 47.9 Å². The van der Waals surface area contributed by atoms with Crippen LogP contribution in [-0.4, -0.2) is 25.4 Å². The number of carbonyl (C=O) groups is 1. The maximum atomic E-state index is 11.8. The third-order valence-corrected chi connectivity index (χ3v) is 5.52. The van der Waals surface area contributed by atoms with E-state index in [0.29, 0.717) is 12.5 Å². The fraction of sp³-hybridized carbons (Fsp3) is 0.448. The summed E-state index contributed by atoms with van der Waals surface area (Å²) in [6.45, 7) is 7.62. The SMILES string of the molecule is CCCCCCCCOc1ccc(/C=N/c2ccc(/C=C/C(=O)OCC(C)CC)cc2)cc1. The Morgan fingerprint density at radius 3 is 2.27 bits per heavy atom. The summed E-state index contributed by atoms with van der Waals surface area (Å²) < 4.78 is 11.1. The van der Waals surface area contributed by atoms with Gasteiger partial charge in [-0.2, -0.15) is 0 Å². The predicted octanol–water partition coefficient (Wildman–Crippen LogP) is 7.78. The Labute approximate surface area is 199 Å². The Kier molecular flexibility index (Phi) is 12.7. The molecule has 0 aromatic heterocycles. The molecule has 0 heterocycles. The quantitative estimate of drug-likeness (QED) is 0.121. The molecule has 0 spiro atoms. The molecule has 0 radical (unpaired) electrons. The van der Waals surface area contributed by atoms with E-state index in [1.165, 1.54) is 38.2 Å². The Morgan fingerprint density at radius 2 is 1.58 bits per heavy atom. The average molecular weight is 450 g/mol. The highest BCUT2D eigenvalue weighted by Crippen LogP contribution is 2.16. The predicted molar refractivity (Wildman–Crippen MR) is 138 cm³/mol. The second-order valence-corrected chi connectivity index (χ2v) is 8.51. The highest BCUT2D eigenvalue weighted by atomic mass is 16.5. The Balaban J connectivity index is 1.74. The van der Waals surface area contributed by atoms with E-state index in [1.54, 1.807) is 6.08 Å². The first kappa shape index (κ1) is 26.4. The number of carbonyl (C=O) groups excluding carboxylic acids is 1. The maximum absolute atomic E-state index is 11.8. The Morgan fingerprint density at radius 1 is 0.909 bits per heavy atom. The van der Waals surface area contributed by atoms with Gasteiger partial charge in [-0.25, -0.2) is 4.79 Å². The lowest BCUT2D eigenvalue weighted by Crippen LogP contribution is -2.08. The van der Waals surface area contributed by atoms with Crippen LogP contribution in [0.5, 0.6) is 5.75 Å². The van der Waals surface area contributed by atoms with Gasteiger partial charge in [0.15, 0.2) is 0 Å². The fourth-order valence-electron chi connectivity index (χ4n) is 3.10. The zero-order chi connectivity index (χ0) is 23.7. The molecule has 0 fully saturated rings. The minimum absolute atomic E-state index is 0.309. The van der Waals surface area contributed by atoms with Gasteiger partial charge in [0.2, 0.25) is 0 Å². The van der Waals surface area contributed by atoms with Crippen molar-refractivity contribution in [3.63, 3.8) is 0 Å². The largest absolute Gasteiger partial charge is 0.494 e. The summed E-state index contributed by atoms with van der Waals surface area (Å²) in [5, 5.41) is 0. The lowest BCUT2D eigenvalue weighted by molar-refractivity contribution is -0.138. The molecule has 2 rings (SSSR count). The van der Waals surface area contributed by atoms with Crippen LogP contribution < -0.4 is 4.74 Å². The number of ether oxygens (including phenoxy) is 2. The molecule has 1 atom stereocenters. The van der Waals surface area contributed by atoms with Crippen molar-refractivity contribution in [1.29, 1.82) is 0 Å². The highest BCUT2D eigenvalue weighted by Gasteiger charge is 2.02. The lowest BCUT2D eigenvalue weighted by Gasteiger charge is -2.07. The van der Waals surface area contributed by atoms with Crippen molar-refractivity contribution in [3.05, 3.63) is 65.7 Å². The van der Waals surface area contributed by atoms with Gasteiger partial charge in [-0.15, -0.1) is 0 Å². The van der Waals surface area contributed by atoms with Gasteiger partial charge in [-0.3, -0.25) is 4.99 Å². The van der Waals surface area contributed by atoms with Crippen molar-refractivity contribution in [3.8, 4) is 5.75 Å². The van der Waals surface area contributed by atoms with Crippen molar-refractivity contribution < 1.29 is 14.3 Å². The fourth-order valence-corrected chi connectivity index (χ4v) is 3.10. The number of nitrogens with zero attached hydrogens (tertiary/aromatic N) is 1. The summed E-state index contributed by atoms with van der Waals surface area (Å²) in [6, 6.07) is 15.7. The number of aliphatic imine (C=N–C) groups is 1. The second-order valence-electron chi connectivity index (χ2n) is 8.51. The smallest absolute Gasteiger partial charge is 0.330 e. The van der Waals surface area contributed by atoms with E-state index in [-0.39, 0.29) is 5.97 Å². The van der Waals surface area contributed by atoms with Crippen LogP contribution in [0.15, 0.2) is 59.6 Å². The van der Waals surface area contributed by atoms with Crippen LogP contribution in [0.3, 0.4) is 0 Å². The van der Waals surface area contributed by atoms with Gasteiger partial charge < -0.3 is 9.47 Å². The summed E-state index contributed by atoms with van der Waals surface area (Å²) in [4.78, 5) is 16.3. The molecule has 0 N–H and O–H groups in total. The van der Waals surface area contributed by atoms with Crippen LogP contribution in [0.4, 0.5) is 5.69 Å². The van der Waals surface area contributed by atoms with E-state index in [1.807, 2.05) is 54.7 Å². The first-order chi connectivity index (χ1) is 16.1. The average Bonchev–Trinajstić information content (AvgIpc) is 2.85. The van der Waals surface area contributed by atoms with Crippen molar-refractivity contribution >= 4 is 23.9 Å². The molecule has 0 aliphatic carbocycles. The zero-order valence-electron chi connectivity index (χ0n) is 20.5. The molecule has 178 valence electrons. The molecule has 4 nitrogen and oxygen atoms in total. The number of hydrogen-bond donors (Lipinski definition) is 0. The van der Waals surface area contributed by atoms with E-state index in [0.717, 1.165) is 42.0 Å². The van der Waals surface area contributed by atoms with Crippen molar-refractivity contribution in [2.75, 3.05) is 13.2 Å². The van der Waals surface area contributed by atoms with Gasteiger partial charge >= 0.3 is 5.97 Å². The molecule has 0 aliphatic heterocycles. The van der Waals surface area contributed by atoms with Gasteiger partial charge in [-0.05, 0) is 65.9 Å². The molecule has 33 heavy (non-hydrogen) atoms. The Bertz CT molecular complexity index is 853. The summed E-state index contributed by atoms with van der Waals surface area (Å²) in [7, 11) is 0. The Hall–Kier alpha value is -2.88. The molecule has 0 bridgehead atoms. The number of rotatable bonds is 15.